The lowest BCUT2D eigenvalue weighted by Crippen LogP contribution is -2.05. The van der Waals surface area contributed by atoms with Crippen LogP contribution in [-0.4, -0.2) is 8.80 Å². The van der Waals surface area contributed by atoms with Gasteiger partial charge in [-0.05, 0) is 11.1 Å². The first-order valence-corrected chi connectivity index (χ1v) is 10.6. The highest BCUT2D eigenvalue weighted by atomic mass is 28.3. The van der Waals surface area contributed by atoms with E-state index in [-0.39, 0.29) is 0 Å². The van der Waals surface area contributed by atoms with Gasteiger partial charge in [-0.1, -0.05) is 123 Å². The molecular formula is C22H27Si. The first-order chi connectivity index (χ1) is 11.4. The summed E-state index contributed by atoms with van der Waals surface area (Å²) in [6.45, 7) is 2.27. The van der Waals surface area contributed by atoms with Crippen molar-refractivity contribution in [2.45, 2.75) is 38.7 Å². The zero-order valence-corrected chi connectivity index (χ0v) is 15.1. The molecule has 0 unspecified atom stereocenters. The Morgan fingerprint density at radius 2 is 1.22 bits per heavy atom. The van der Waals surface area contributed by atoms with Crippen LogP contribution in [0.1, 0.15) is 43.7 Å². The molecule has 1 heteroatoms. The van der Waals surface area contributed by atoms with Gasteiger partial charge in [0.15, 0.2) is 0 Å². The average Bonchev–Trinajstić information content (AvgIpc) is 2.62. The van der Waals surface area contributed by atoms with Crippen molar-refractivity contribution >= 4 is 20.9 Å². The van der Waals surface area contributed by atoms with Crippen LogP contribution in [0.4, 0.5) is 0 Å². The van der Waals surface area contributed by atoms with Gasteiger partial charge in [0.2, 0.25) is 0 Å². The van der Waals surface area contributed by atoms with Gasteiger partial charge in [-0.3, -0.25) is 0 Å². The van der Waals surface area contributed by atoms with Crippen molar-refractivity contribution in [3.05, 3.63) is 83.2 Å². The maximum Gasteiger partial charge on any atom is 0.103 e. The Hall–Kier alpha value is -1.86. The highest BCUT2D eigenvalue weighted by molar-refractivity contribution is 6.70. The van der Waals surface area contributed by atoms with Crippen LogP contribution < -0.4 is 0 Å². The molecule has 0 aliphatic carbocycles. The molecule has 2 aromatic rings. The molecule has 0 N–H and O–H groups in total. The number of hydrogen-bond donors (Lipinski definition) is 0. The maximum atomic E-state index is 2.45. The third-order valence-corrected chi connectivity index (χ3v) is 6.02. The number of hydrogen-bond acceptors (Lipinski definition) is 0. The summed E-state index contributed by atoms with van der Waals surface area (Å²) in [6.07, 6.45) is 9.97. The SMILES string of the molecule is CCCCCC[Si](/C=C/c1ccccc1)/C=C/c1ccccc1. The van der Waals surface area contributed by atoms with Gasteiger partial charge in [0.25, 0.3) is 0 Å². The van der Waals surface area contributed by atoms with Gasteiger partial charge in [-0.2, -0.15) is 0 Å². The largest absolute Gasteiger partial charge is 0.103 e. The smallest absolute Gasteiger partial charge is 0.0914 e. The molecule has 23 heavy (non-hydrogen) atoms. The summed E-state index contributed by atoms with van der Waals surface area (Å²) in [5.74, 6) is 0. The highest BCUT2D eigenvalue weighted by Gasteiger charge is 2.03. The van der Waals surface area contributed by atoms with Crippen LogP contribution in [0.25, 0.3) is 12.2 Å². The van der Waals surface area contributed by atoms with Crippen LogP contribution in [0.5, 0.6) is 0 Å². The van der Waals surface area contributed by atoms with E-state index in [4.69, 9.17) is 0 Å². The maximum absolute atomic E-state index is 2.45. The third-order valence-electron chi connectivity index (χ3n) is 3.90. The minimum Gasteiger partial charge on any atom is -0.0914 e. The minimum atomic E-state index is -0.581. The fraction of sp³-hybridized carbons (Fsp3) is 0.273. The molecule has 2 aromatic carbocycles. The number of unbranched alkanes of at least 4 members (excludes halogenated alkanes) is 3. The topological polar surface area (TPSA) is 0 Å². The van der Waals surface area contributed by atoms with Gasteiger partial charge in [0.1, 0.15) is 8.80 Å². The molecule has 119 valence electrons. The van der Waals surface area contributed by atoms with Gasteiger partial charge in [-0.15, -0.1) is 0 Å². The van der Waals surface area contributed by atoms with E-state index in [1.54, 1.807) is 0 Å². The molecule has 0 fully saturated rings. The second-order valence-corrected chi connectivity index (χ2v) is 8.19. The van der Waals surface area contributed by atoms with Crippen molar-refractivity contribution in [3.63, 3.8) is 0 Å². The predicted octanol–water partition coefficient (Wildman–Crippen LogP) is 6.57. The Bertz CT molecular complexity index is 534. The summed E-state index contributed by atoms with van der Waals surface area (Å²) >= 11 is 0. The summed E-state index contributed by atoms with van der Waals surface area (Å²) in [5, 5.41) is 0. The first kappa shape index (κ1) is 17.5. The Balaban J connectivity index is 1.99. The van der Waals surface area contributed by atoms with Crippen LogP contribution in [0, 0.1) is 0 Å². The Morgan fingerprint density at radius 1 is 0.696 bits per heavy atom. The molecule has 0 nitrogen and oxygen atoms in total. The molecule has 0 heterocycles. The molecule has 0 bridgehead atoms. The zero-order valence-electron chi connectivity index (χ0n) is 14.1. The fourth-order valence-electron chi connectivity index (χ4n) is 2.51. The summed E-state index contributed by atoms with van der Waals surface area (Å²) in [5.41, 5.74) is 7.50. The lowest BCUT2D eigenvalue weighted by Gasteiger charge is -2.06. The first-order valence-electron chi connectivity index (χ1n) is 8.70. The summed E-state index contributed by atoms with van der Waals surface area (Å²) in [7, 11) is -0.581. The molecule has 0 amide bonds. The molecule has 0 aliphatic rings. The van der Waals surface area contributed by atoms with E-state index in [1.165, 1.54) is 42.9 Å². The number of rotatable bonds is 9. The van der Waals surface area contributed by atoms with Gasteiger partial charge in [0.05, 0.1) is 0 Å². The molecule has 0 saturated heterocycles. The van der Waals surface area contributed by atoms with Gasteiger partial charge in [0, 0.05) is 0 Å². The zero-order chi connectivity index (χ0) is 16.2. The quantitative estimate of drug-likeness (QED) is 0.362. The Morgan fingerprint density at radius 3 is 1.70 bits per heavy atom. The fourth-order valence-corrected chi connectivity index (χ4v) is 4.43. The molecule has 1 radical (unpaired) electrons. The molecule has 0 spiro atoms. The van der Waals surface area contributed by atoms with Crippen molar-refractivity contribution in [1.82, 2.24) is 0 Å². The van der Waals surface area contributed by atoms with Crippen LogP contribution in [-0.2, 0) is 0 Å². The predicted molar refractivity (Wildman–Crippen MR) is 106 cm³/mol. The number of benzene rings is 2. The van der Waals surface area contributed by atoms with E-state index in [0.717, 1.165) is 0 Å². The molecule has 0 saturated carbocycles. The van der Waals surface area contributed by atoms with E-state index < -0.39 is 8.80 Å². The van der Waals surface area contributed by atoms with Crippen molar-refractivity contribution in [2.75, 3.05) is 0 Å². The molecule has 0 atom stereocenters. The second-order valence-electron chi connectivity index (χ2n) is 5.87. The van der Waals surface area contributed by atoms with Crippen LogP contribution >= 0.6 is 0 Å². The van der Waals surface area contributed by atoms with Gasteiger partial charge >= 0.3 is 0 Å². The third kappa shape index (κ3) is 7.29. The Labute approximate surface area is 143 Å². The lowest BCUT2D eigenvalue weighted by molar-refractivity contribution is 0.700. The van der Waals surface area contributed by atoms with E-state index in [9.17, 15) is 0 Å². The highest BCUT2D eigenvalue weighted by Crippen LogP contribution is 2.12. The minimum absolute atomic E-state index is 0.581. The van der Waals surface area contributed by atoms with Gasteiger partial charge < -0.3 is 0 Å². The van der Waals surface area contributed by atoms with Crippen LogP contribution in [0.3, 0.4) is 0 Å². The van der Waals surface area contributed by atoms with Crippen LogP contribution in [0.15, 0.2) is 72.1 Å². The molecular weight excluding hydrogens is 292 g/mol. The molecule has 0 aromatic heterocycles. The van der Waals surface area contributed by atoms with E-state index in [2.05, 4.69) is 91.1 Å². The summed E-state index contributed by atoms with van der Waals surface area (Å²) in [4.78, 5) is 0. The van der Waals surface area contributed by atoms with E-state index in [1.807, 2.05) is 0 Å². The van der Waals surface area contributed by atoms with E-state index >= 15 is 0 Å². The standard InChI is InChI=1S/C22H27Si/c1-2-3-4-11-18-23(19-16-21-12-7-5-8-13-21)20-17-22-14-9-6-10-15-22/h5-10,12-17,19-20H,2-4,11,18H2,1H3/b19-16+,20-17+. The normalized spacial score (nSPS) is 11.7. The Kier molecular flexibility index (Phi) is 8.21. The van der Waals surface area contributed by atoms with E-state index in [0.29, 0.717) is 0 Å². The van der Waals surface area contributed by atoms with Crippen molar-refractivity contribution in [1.29, 1.82) is 0 Å². The monoisotopic (exact) mass is 319 g/mol. The molecule has 0 aliphatic heterocycles. The average molecular weight is 320 g/mol. The lowest BCUT2D eigenvalue weighted by atomic mass is 10.2. The van der Waals surface area contributed by atoms with Crippen LogP contribution in [0.2, 0.25) is 6.04 Å². The van der Waals surface area contributed by atoms with Crippen molar-refractivity contribution in [2.24, 2.45) is 0 Å². The van der Waals surface area contributed by atoms with Gasteiger partial charge in [-0.25, -0.2) is 0 Å². The second kappa shape index (κ2) is 10.8. The summed E-state index contributed by atoms with van der Waals surface area (Å²) < 4.78 is 0. The molecule has 2 rings (SSSR count). The van der Waals surface area contributed by atoms with Crippen molar-refractivity contribution < 1.29 is 0 Å². The van der Waals surface area contributed by atoms with Crippen molar-refractivity contribution in [3.8, 4) is 0 Å². The summed E-state index contributed by atoms with van der Waals surface area (Å²) in [6, 6.07) is 22.6.